The second kappa shape index (κ2) is 7.90. The van der Waals surface area contributed by atoms with Gasteiger partial charge in [-0.25, -0.2) is 9.50 Å². The highest BCUT2D eigenvalue weighted by Crippen LogP contribution is 2.35. The second-order valence-electron chi connectivity index (χ2n) is 6.21. The zero-order valence-corrected chi connectivity index (χ0v) is 17.2. The van der Waals surface area contributed by atoms with E-state index in [1.807, 2.05) is 0 Å². The molecule has 0 aliphatic heterocycles. The third kappa shape index (κ3) is 4.00. The Balaban J connectivity index is 1.73. The van der Waals surface area contributed by atoms with Crippen LogP contribution >= 0.6 is 34.5 Å². The van der Waals surface area contributed by atoms with Crippen molar-refractivity contribution in [2.24, 2.45) is 0 Å². The fraction of sp³-hybridized carbons (Fsp3) is 0.105. The molecule has 0 spiro atoms. The summed E-state index contributed by atoms with van der Waals surface area (Å²) in [5.74, 6) is -0.716. The largest absolute Gasteiger partial charge is 0.433 e. The summed E-state index contributed by atoms with van der Waals surface area (Å²) >= 11 is 13.3. The first-order valence-electron chi connectivity index (χ1n) is 8.47. The number of carbonyl (C=O) groups excluding carboxylic acids is 1. The van der Waals surface area contributed by atoms with Crippen LogP contribution in [-0.4, -0.2) is 20.5 Å². The number of carbonyl (C=O) groups is 1. The van der Waals surface area contributed by atoms with Crippen LogP contribution in [0.15, 0.2) is 47.8 Å². The van der Waals surface area contributed by atoms with Gasteiger partial charge in [0.25, 0.3) is 5.91 Å². The molecule has 1 N–H and O–H groups in total. The van der Waals surface area contributed by atoms with Crippen LogP contribution in [0.2, 0.25) is 10.0 Å². The number of amides is 1. The summed E-state index contributed by atoms with van der Waals surface area (Å²) in [6.07, 6.45) is -4.72. The molecule has 30 heavy (non-hydrogen) atoms. The Kier molecular flexibility index (Phi) is 5.44. The number of hydrogen-bond donors (Lipinski definition) is 1. The number of alkyl halides is 3. The Morgan fingerprint density at radius 1 is 1.17 bits per heavy atom. The Hall–Kier alpha value is -2.62. The quantitative estimate of drug-likeness (QED) is 0.415. The van der Waals surface area contributed by atoms with E-state index in [0.717, 1.165) is 11.6 Å². The molecule has 3 heterocycles. The van der Waals surface area contributed by atoms with E-state index in [0.29, 0.717) is 14.4 Å². The maximum absolute atomic E-state index is 13.6. The number of rotatable bonds is 4. The predicted octanol–water partition coefficient (Wildman–Crippen LogP) is 5.71. The van der Waals surface area contributed by atoms with Crippen molar-refractivity contribution in [3.8, 4) is 10.6 Å². The summed E-state index contributed by atoms with van der Waals surface area (Å²) in [5, 5.41) is 8.40. The number of aromatic nitrogens is 3. The summed E-state index contributed by atoms with van der Waals surface area (Å²) in [6.45, 7) is 0.125. The molecule has 1 amide bonds. The molecule has 0 aliphatic carbocycles. The van der Waals surface area contributed by atoms with Gasteiger partial charge in [-0.05, 0) is 35.2 Å². The van der Waals surface area contributed by atoms with Gasteiger partial charge in [-0.2, -0.15) is 18.3 Å². The molecule has 11 heteroatoms. The van der Waals surface area contributed by atoms with Crippen LogP contribution in [0.5, 0.6) is 0 Å². The van der Waals surface area contributed by atoms with Gasteiger partial charge in [-0.1, -0.05) is 41.4 Å². The van der Waals surface area contributed by atoms with Crippen LogP contribution in [0, 0.1) is 0 Å². The molecular weight excluding hydrogens is 460 g/mol. The number of hydrogen-bond acceptors (Lipinski definition) is 4. The molecule has 0 bridgehead atoms. The summed E-state index contributed by atoms with van der Waals surface area (Å²) in [7, 11) is 0. The van der Waals surface area contributed by atoms with Gasteiger partial charge in [0.15, 0.2) is 17.0 Å². The highest BCUT2D eigenvalue weighted by molar-refractivity contribution is 7.13. The highest BCUT2D eigenvalue weighted by Gasteiger charge is 2.36. The van der Waals surface area contributed by atoms with Crippen molar-refractivity contribution in [2.75, 3.05) is 0 Å². The Morgan fingerprint density at radius 2 is 1.90 bits per heavy atom. The van der Waals surface area contributed by atoms with Crippen LogP contribution in [0.25, 0.3) is 16.2 Å². The van der Waals surface area contributed by atoms with Gasteiger partial charge in [0.2, 0.25) is 0 Å². The van der Waals surface area contributed by atoms with Gasteiger partial charge in [0.1, 0.15) is 5.02 Å². The van der Waals surface area contributed by atoms with E-state index in [1.165, 1.54) is 11.3 Å². The molecule has 1 aromatic carbocycles. The molecule has 0 aliphatic rings. The van der Waals surface area contributed by atoms with Crippen molar-refractivity contribution in [3.63, 3.8) is 0 Å². The Bertz CT molecular complexity index is 1220. The molecule has 3 aromatic heterocycles. The summed E-state index contributed by atoms with van der Waals surface area (Å²) < 4.78 is 41.5. The normalized spacial score (nSPS) is 11.8. The topological polar surface area (TPSA) is 59.3 Å². The van der Waals surface area contributed by atoms with E-state index in [2.05, 4.69) is 15.4 Å². The minimum Gasteiger partial charge on any atom is -0.347 e. The monoisotopic (exact) mass is 470 g/mol. The maximum atomic E-state index is 13.6. The molecule has 4 rings (SSSR count). The predicted molar refractivity (Wildman–Crippen MR) is 109 cm³/mol. The van der Waals surface area contributed by atoms with Crippen LogP contribution in [0.4, 0.5) is 13.2 Å². The first-order chi connectivity index (χ1) is 14.2. The van der Waals surface area contributed by atoms with Crippen LogP contribution in [-0.2, 0) is 12.7 Å². The lowest BCUT2D eigenvalue weighted by Crippen LogP contribution is -2.23. The van der Waals surface area contributed by atoms with Crippen molar-refractivity contribution in [2.45, 2.75) is 12.7 Å². The van der Waals surface area contributed by atoms with Crippen molar-refractivity contribution >= 4 is 46.1 Å². The molecule has 0 atom stereocenters. The maximum Gasteiger partial charge on any atom is 0.433 e. The van der Waals surface area contributed by atoms with E-state index in [9.17, 15) is 18.0 Å². The number of thiophene rings is 1. The lowest BCUT2D eigenvalue weighted by atomic mass is 10.2. The zero-order chi connectivity index (χ0) is 21.5. The van der Waals surface area contributed by atoms with Crippen molar-refractivity contribution in [1.29, 1.82) is 0 Å². The molecule has 0 radical (unpaired) electrons. The average Bonchev–Trinajstić information content (AvgIpc) is 3.34. The van der Waals surface area contributed by atoms with Gasteiger partial charge in [0, 0.05) is 11.6 Å². The number of nitrogens with zero attached hydrogens (tertiary/aromatic N) is 3. The third-order valence-electron chi connectivity index (χ3n) is 4.18. The standard InChI is InChI=1S/C19H11Cl2F3N4OS/c20-11-5-3-10(4-6-11)9-25-18(29)16-15(21)17-26-12(13-2-1-7-30-13)8-14(19(22,23)24)28(17)27-16/h1-8H,9H2,(H,25,29). The van der Waals surface area contributed by atoms with Crippen molar-refractivity contribution < 1.29 is 18.0 Å². The van der Waals surface area contributed by atoms with Crippen molar-refractivity contribution in [3.05, 3.63) is 74.8 Å². The molecular formula is C19H11Cl2F3N4OS. The fourth-order valence-corrected chi connectivity index (χ4v) is 3.82. The first-order valence-corrected chi connectivity index (χ1v) is 10.1. The molecule has 5 nitrogen and oxygen atoms in total. The van der Waals surface area contributed by atoms with Gasteiger partial charge in [-0.3, -0.25) is 4.79 Å². The zero-order valence-electron chi connectivity index (χ0n) is 14.9. The minimum absolute atomic E-state index is 0.0970. The Labute approximate surface area is 182 Å². The van der Waals surface area contributed by atoms with Crippen LogP contribution in [0.1, 0.15) is 21.7 Å². The van der Waals surface area contributed by atoms with Gasteiger partial charge < -0.3 is 5.32 Å². The molecule has 4 aromatic rings. The first kappa shape index (κ1) is 20.6. The van der Waals surface area contributed by atoms with Gasteiger partial charge >= 0.3 is 6.18 Å². The smallest absolute Gasteiger partial charge is 0.347 e. The highest BCUT2D eigenvalue weighted by atomic mass is 35.5. The number of fused-ring (bicyclic) bond motifs is 1. The average molecular weight is 471 g/mol. The van der Waals surface area contributed by atoms with E-state index in [-0.39, 0.29) is 28.6 Å². The lowest BCUT2D eigenvalue weighted by molar-refractivity contribution is -0.142. The summed E-state index contributed by atoms with van der Waals surface area (Å²) in [6, 6.07) is 11.0. The second-order valence-corrected chi connectivity index (χ2v) is 7.97. The number of benzene rings is 1. The van der Waals surface area contributed by atoms with Gasteiger partial charge in [-0.15, -0.1) is 11.3 Å². The van der Waals surface area contributed by atoms with Crippen LogP contribution < -0.4 is 5.32 Å². The lowest BCUT2D eigenvalue weighted by Gasteiger charge is -2.10. The van der Waals surface area contributed by atoms with Crippen molar-refractivity contribution in [1.82, 2.24) is 19.9 Å². The molecule has 0 fully saturated rings. The molecule has 0 saturated heterocycles. The Morgan fingerprint density at radius 3 is 2.53 bits per heavy atom. The van der Waals surface area contributed by atoms with E-state index >= 15 is 0 Å². The third-order valence-corrected chi connectivity index (χ3v) is 5.67. The fourth-order valence-electron chi connectivity index (χ4n) is 2.76. The SMILES string of the molecule is O=C(NCc1ccc(Cl)cc1)c1nn2c(C(F)(F)F)cc(-c3cccs3)nc2c1Cl. The number of nitrogens with one attached hydrogen (secondary N) is 1. The van der Waals surface area contributed by atoms with E-state index < -0.39 is 17.8 Å². The number of halogens is 5. The minimum atomic E-state index is -4.72. The molecule has 0 unspecified atom stereocenters. The molecule has 154 valence electrons. The van der Waals surface area contributed by atoms with E-state index in [4.69, 9.17) is 23.2 Å². The molecule has 0 saturated carbocycles. The van der Waals surface area contributed by atoms with Gasteiger partial charge in [0.05, 0.1) is 10.6 Å². The van der Waals surface area contributed by atoms with Crippen LogP contribution in [0.3, 0.4) is 0 Å². The summed E-state index contributed by atoms with van der Waals surface area (Å²) in [4.78, 5) is 17.3. The van der Waals surface area contributed by atoms with E-state index in [1.54, 1.807) is 41.8 Å². The summed E-state index contributed by atoms with van der Waals surface area (Å²) in [5.41, 5.74) is -0.811.